The van der Waals surface area contributed by atoms with E-state index in [9.17, 15) is 9.59 Å². The molecule has 1 N–H and O–H groups in total. The molecule has 1 saturated heterocycles. The summed E-state index contributed by atoms with van der Waals surface area (Å²) >= 11 is 0. The maximum atomic E-state index is 12.9. The Balaban J connectivity index is 1.69. The van der Waals surface area contributed by atoms with Crippen molar-refractivity contribution in [1.82, 2.24) is 14.8 Å². The third-order valence-corrected chi connectivity index (χ3v) is 4.49. The number of ketones is 1. The van der Waals surface area contributed by atoms with Crippen LogP contribution in [0.2, 0.25) is 0 Å². The molecule has 0 saturated carbocycles. The Hall–Kier alpha value is -2.97. The van der Waals surface area contributed by atoms with E-state index >= 15 is 0 Å². The van der Waals surface area contributed by atoms with Gasteiger partial charge < -0.3 is 14.2 Å². The van der Waals surface area contributed by atoms with Crippen molar-refractivity contribution in [3.8, 4) is 5.75 Å². The Kier molecular flexibility index (Phi) is 4.51. The number of hydrogen-bond donors (Lipinski definition) is 1. The van der Waals surface area contributed by atoms with Crippen LogP contribution in [0.15, 0.2) is 35.3 Å². The van der Waals surface area contributed by atoms with E-state index in [1.165, 1.54) is 4.68 Å². The van der Waals surface area contributed by atoms with E-state index in [1.807, 2.05) is 0 Å². The maximum Gasteiger partial charge on any atom is 0.277 e. The van der Waals surface area contributed by atoms with Crippen molar-refractivity contribution < 1.29 is 19.0 Å². The summed E-state index contributed by atoms with van der Waals surface area (Å²) in [5.41, 5.74) is 1.40. The van der Waals surface area contributed by atoms with Gasteiger partial charge in [-0.25, -0.2) is 0 Å². The van der Waals surface area contributed by atoms with Crippen molar-refractivity contribution in [2.75, 3.05) is 19.8 Å². The fourth-order valence-corrected chi connectivity index (χ4v) is 3.15. The van der Waals surface area contributed by atoms with Crippen LogP contribution in [0.25, 0.3) is 10.9 Å². The quantitative estimate of drug-likeness (QED) is 0.686. The highest BCUT2D eigenvalue weighted by Crippen LogP contribution is 2.26. The molecule has 0 unspecified atom stereocenters. The number of H-pyrrole nitrogens is 1. The first-order valence-corrected chi connectivity index (χ1v) is 8.59. The van der Waals surface area contributed by atoms with E-state index in [1.54, 1.807) is 44.4 Å². The monoisotopic (exact) mass is 369 g/mol. The number of aromatic amines is 1. The third kappa shape index (κ3) is 3.24. The predicted octanol–water partition coefficient (Wildman–Crippen LogP) is 1.55. The van der Waals surface area contributed by atoms with Gasteiger partial charge in [0.05, 0.1) is 18.7 Å². The molecule has 3 heterocycles. The van der Waals surface area contributed by atoms with E-state index in [2.05, 4.69) is 10.1 Å². The molecule has 8 nitrogen and oxygen atoms in total. The summed E-state index contributed by atoms with van der Waals surface area (Å²) in [6.07, 6.45) is 1.24. The van der Waals surface area contributed by atoms with E-state index < -0.39 is 6.29 Å². The number of carbonyl (C=O) groups excluding carboxylic acids is 1. The Morgan fingerprint density at radius 3 is 2.81 bits per heavy atom. The van der Waals surface area contributed by atoms with Gasteiger partial charge in [-0.15, -0.1) is 0 Å². The second kappa shape index (κ2) is 6.98. The largest absolute Gasteiger partial charge is 0.488 e. The van der Waals surface area contributed by atoms with Crippen molar-refractivity contribution in [3.63, 3.8) is 0 Å². The minimum atomic E-state index is -0.399. The number of nitrogens with one attached hydrogen (secondary N) is 1. The van der Waals surface area contributed by atoms with Gasteiger partial charge in [0, 0.05) is 29.9 Å². The van der Waals surface area contributed by atoms with Crippen LogP contribution in [-0.4, -0.2) is 46.7 Å². The van der Waals surface area contributed by atoms with Gasteiger partial charge in [-0.05, 0) is 31.2 Å². The molecule has 2 aromatic heterocycles. The van der Waals surface area contributed by atoms with E-state index in [0.29, 0.717) is 41.1 Å². The topological polar surface area (TPSA) is 95.4 Å². The number of carbonyl (C=O) groups is 1. The number of nitrogens with zero attached hydrogens (tertiary/aromatic N) is 2. The van der Waals surface area contributed by atoms with Crippen LogP contribution in [0.3, 0.4) is 0 Å². The van der Waals surface area contributed by atoms with Gasteiger partial charge in [0.15, 0.2) is 12.1 Å². The second-order valence-electron chi connectivity index (χ2n) is 6.33. The Morgan fingerprint density at radius 1 is 1.33 bits per heavy atom. The fraction of sp³-hybridized carbons (Fsp3) is 0.316. The molecular formula is C19H19N3O5. The van der Waals surface area contributed by atoms with E-state index in [4.69, 9.17) is 14.2 Å². The minimum Gasteiger partial charge on any atom is -0.488 e. The smallest absolute Gasteiger partial charge is 0.277 e. The summed E-state index contributed by atoms with van der Waals surface area (Å²) < 4.78 is 17.9. The normalized spacial score (nSPS) is 14.7. The summed E-state index contributed by atoms with van der Waals surface area (Å²) in [6.45, 7) is 3.05. The van der Waals surface area contributed by atoms with Gasteiger partial charge in [-0.1, -0.05) is 0 Å². The molecule has 27 heavy (non-hydrogen) atoms. The first-order chi connectivity index (χ1) is 13.0. The van der Waals surface area contributed by atoms with Crippen molar-refractivity contribution in [2.45, 2.75) is 13.2 Å². The highest BCUT2D eigenvalue weighted by atomic mass is 16.7. The summed E-state index contributed by atoms with van der Waals surface area (Å²) in [7, 11) is 1.58. The predicted molar refractivity (Wildman–Crippen MR) is 97.1 cm³/mol. The number of fused-ring (bicyclic) bond motifs is 1. The van der Waals surface area contributed by atoms with Gasteiger partial charge in [0.2, 0.25) is 0 Å². The number of rotatable bonds is 5. The van der Waals surface area contributed by atoms with Crippen molar-refractivity contribution in [1.29, 1.82) is 0 Å². The molecule has 0 radical (unpaired) electrons. The van der Waals surface area contributed by atoms with Crippen LogP contribution < -0.4 is 10.3 Å². The zero-order valence-electron chi connectivity index (χ0n) is 15.0. The number of ether oxygens (including phenoxy) is 3. The Morgan fingerprint density at radius 2 is 2.11 bits per heavy atom. The molecule has 3 aromatic rings. The van der Waals surface area contributed by atoms with E-state index in [-0.39, 0.29) is 23.5 Å². The molecule has 0 atom stereocenters. The van der Waals surface area contributed by atoms with Crippen molar-refractivity contribution in [2.24, 2.45) is 7.05 Å². The van der Waals surface area contributed by atoms with E-state index in [0.717, 1.165) is 0 Å². The highest BCUT2D eigenvalue weighted by Gasteiger charge is 2.21. The van der Waals surface area contributed by atoms with Gasteiger partial charge in [0.1, 0.15) is 17.9 Å². The average Bonchev–Trinajstić information content (AvgIpc) is 3.27. The number of aryl methyl sites for hydroxylation is 2. The second-order valence-corrected chi connectivity index (χ2v) is 6.33. The average molecular weight is 369 g/mol. The number of benzene rings is 1. The molecule has 140 valence electrons. The fourth-order valence-electron chi connectivity index (χ4n) is 3.15. The van der Waals surface area contributed by atoms with Crippen LogP contribution in [0.1, 0.15) is 21.6 Å². The summed E-state index contributed by atoms with van der Waals surface area (Å²) in [5.74, 6) is 0.237. The van der Waals surface area contributed by atoms with Gasteiger partial charge in [-0.3, -0.25) is 24.4 Å². The van der Waals surface area contributed by atoms with Gasteiger partial charge in [-0.2, -0.15) is 0 Å². The zero-order chi connectivity index (χ0) is 19.0. The van der Waals surface area contributed by atoms with Crippen molar-refractivity contribution in [3.05, 3.63) is 57.6 Å². The first-order valence-electron chi connectivity index (χ1n) is 8.59. The van der Waals surface area contributed by atoms with Gasteiger partial charge >= 0.3 is 0 Å². The standard InChI is InChI=1S/C19H19N3O5/c1-11-17(19(24)22(2)21-11)18(23)12-3-4-14-13(9-12)15(5-6-20-14)27-10-16-25-7-8-26-16/h3-6,9,16,21H,7-8,10H2,1-2H3. The van der Waals surface area contributed by atoms with Crippen LogP contribution in [0.4, 0.5) is 0 Å². The zero-order valence-corrected chi connectivity index (χ0v) is 15.0. The van der Waals surface area contributed by atoms with Crippen LogP contribution >= 0.6 is 0 Å². The van der Waals surface area contributed by atoms with Crippen LogP contribution in [-0.2, 0) is 16.5 Å². The Labute approximate surface area is 154 Å². The number of pyridine rings is 1. The summed E-state index contributed by atoms with van der Waals surface area (Å²) in [5, 5.41) is 3.53. The minimum absolute atomic E-state index is 0.135. The lowest BCUT2D eigenvalue weighted by atomic mass is 10.0. The molecule has 0 amide bonds. The molecule has 0 bridgehead atoms. The lowest BCUT2D eigenvalue weighted by Gasteiger charge is -2.13. The first kappa shape index (κ1) is 17.4. The van der Waals surface area contributed by atoms with Crippen LogP contribution in [0, 0.1) is 6.92 Å². The molecule has 0 spiro atoms. The van der Waals surface area contributed by atoms with Gasteiger partial charge in [0.25, 0.3) is 5.56 Å². The maximum absolute atomic E-state index is 12.9. The highest BCUT2D eigenvalue weighted by molar-refractivity contribution is 6.11. The molecule has 1 aliphatic heterocycles. The Bertz CT molecular complexity index is 1060. The molecule has 0 aliphatic carbocycles. The number of aromatic nitrogens is 3. The summed E-state index contributed by atoms with van der Waals surface area (Å²) in [4.78, 5) is 29.4. The summed E-state index contributed by atoms with van der Waals surface area (Å²) in [6, 6.07) is 6.83. The van der Waals surface area contributed by atoms with Crippen LogP contribution in [0.5, 0.6) is 5.75 Å². The third-order valence-electron chi connectivity index (χ3n) is 4.49. The molecule has 1 aliphatic rings. The molecule has 1 aromatic carbocycles. The molecule has 8 heteroatoms. The van der Waals surface area contributed by atoms with Crippen molar-refractivity contribution >= 4 is 16.7 Å². The number of hydrogen-bond acceptors (Lipinski definition) is 6. The SMILES string of the molecule is Cc1[nH]n(C)c(=O)c1C(=O)c1ccc2nccc(OCC3OCCO3)c2c1. The lowest BCUT2D eigenvalue weighted by Crippen LogP contribution is -2.19. The molecular weight excluding hydrogens is 350 g/mol. The molecule has 1 fully saturated rings. The lowest BCUT2D eigenvalue weighted by molar-refractivity contribution is -0.0681. The molecule has 4 rings (SSSR count).